The molecule has 3 rings (SSSR count). The lowest BCUT2D eigenvalue weighted by Crippen LogP contribution is -2.54. The average Bonchev–Trinajstić information content (AvgIpc) is 2.74. The van der Waals surface area contributed by atoms with Crippen LogP contribution in [0.4, 0.5) is 5.95 Å². The molecular weight excluding hydrogens is 232 g/mol. The van der Waals surface area contributed by atoms with Crippen molar-refractivity contribution < 1.29 is 0 Å². The van der Waals surface area contributed by atoms with Crippen molar-refractivity contribution in [1.29, 1.82) is 0 Å². The minimum absolute atomic E-state index is 0.487. The number of anilines is 1. The number of hydrogen-bond donors (Lipinski definition) is 1. The summed E-state index contributed by atoms with van der Waals surface area (Å²) in [6.45, 7) is 6.34. The second-order valence-corrected chi connectivity index (χ2v) is 5.66. The maximum atomic E-state index is 4.63. The van der Waals surface area contributed by atoms with Gasteiger partial charge in [0, 0.05) is 25.2 Å². The first-order valence-electron chi connectivity index (χ1n) is 5.93. The van der Waals surface area contributed by atoms with E-state index in [0.717, 1.165) is 29.3 Å². The third-order valence-corrected chi connectivity index (χ3v) is 3.87. The molecule has 2 aromatic heterocycles. The second-order valence-electron chi connectivity index (χ2n) is 4.71. The normalized spacial score (nSPS) is 25.4. The molecule has 1 aliphatic rings. The summed E-state index contributed by atoms with van der Waals surface area (Å²) in [4.78, 5) is 11.4. The monoisotopic (exact) mass is 248 g/mol. The van der Waals surface area contributed by atoms with E-state index in [9.17, 15) is 0 Å². The lowest BCUT2D eigenvalue weighted by atomic mass is 10.1. The van der Waals surface area contributed by atoms with Gasteiger partial charge in [-0.25, -0.2) is 9.97 Å². The minimum Gasteiger partial charge on any atom is -0.338 e. The maximum Gasteiger partial charge on any atom is 0.226 e. The minimum atomic E-state index is 0.487. The molecule has 2 atom stereocenters. The molecule has 0 aromatic carbocycles. The van der Waals surface area contributed by atoms with E-state index in [1.54, 1.807) is 11.3 Å². The zero-order valence-electron chi connectivity index (χ0n) is 10.1. The summed E-state index contributed by atoms with van der Waals surface area (Å²) < 4.78 is 1.16. The van der Waals surface area contributed by atoms with Gasteiger partial charge in [-0.05, 0) is 25.3 Å². The topological polar surface area (TPSA) is 41.1 Å². The van der Waals surface area contributed by atoms with Crippen LogP contribution in [0.3, 0.4) is 0 Å². The first-order valence-corrected chi connectivity index (χ1v) is 6.81. The highest BCUT2D eigenvalue weighted by Crippen LogP contribution is 2.21. The Kier molecular flexibility index (Phi) is 2.72. The zero-order chi connectivity index (χ0) is 11.8. The second kappa shape index (κ2) is 4.23. The fourth-order valence-electron chi connectivity index (χ4n) is 2.40. The van der Waals surface area contributed by atoms with Gasteiger partial charge in [0.15, 0.2) is 0 Å². The molecule has 1 fully saturated rings. The van der Waals surface area contributed by atoms with E-state index in [1.165, 1.54) is 0 Å². The van der Waals surface area contributed by atoms with Gasteiger partial charge in [-0.2, -0.15) is 0 Å². The van der Waals surface area contributed by atoms with Crippen molar-refractivity contribution >= 4 is 27.5 Å². The van der Waals surface area contributed by atoms with Crippen LogP contribution in [0.1, 0.15) is 13.8 Å². The lowest BCUT2D eigenvalue weighted by Gasteiger charge is -2.36. The lowest BCUT2D eigenvalue weighted by molar-refractivity contribution is 0.403. The predicted octanol–water partition coefficient (Wildman–Crippen LogP) is 1.88. The van der Waals surface area contributed by atoms with Gasteiger partial charge < -0.3 is 10.2 Å². The van der Waals surface area contributed by atoms with Crippen LogP contribution in [0.2, 0.25) is 0 Å². The highest BCUT2D eigenvalue weighted by atomic mass is 32.1. The Labute approximate surface area is 105 Å². The Morgan fingerprint density at radius 2 is 2.12 bits per heavy atom. The number of hydrogen-bond acceptors (Lipinski definition) is 5. The molecule has 17 heavy (non-hydrogen) atoms. The molecule has 0 saturated carbocycles. The fraction of sp³-hybridized carbons (Fsp3) is 0.500. The molecule has 1 saturated heterocycles. The van der Waals surface area contributed by atoms with Crippen LogP contribution in [-0.2, 0) is 0 Å². The molecule has 90 valence electrons. The van der Waals surface area contributed by atoms with Gasteiger partial charge in [-0.3, -0.25) is 0 Å². The first-order chi connectivity index (χ1) is 8.22. The molecule has 0 bridgehead atoms. The molecule has 1 aliphatic heterocycles. The Bertz CT molecular complexity index is 514. The first kappa shape index (κ1) is 10.9. The Balaban J connectivity index is 1.91. The zero-order valence-corrected chi connectivity index (χ0v) is 10.9. The van der Waals surface area contributed by atoms with E-state index < -0.39 is 0 Å². The average molecular weight is 248 g/mol. The van der Waals surface area contributed by atoms with Gasteiger partial charge in [0.2, 0.25) is 5.95 Å². The van der Waals surface area contributed by atoms with E-state index in [2.05, 4.69) is 45.5 Å². The summed E-state index contributed by atoms with van der Waals surface area (Å²) in [6, 6.07) is 3.03. The van der Waals surface area contributed by atoms with E-state index in [0.29, 0.717) is 12.1 Å². The molecule has 0 spiro atoms. The van der Waals surface area contributed by atoms with Gasteiger partial charge >= 0.3 is 0 Å². The summed E-state index contributed by atoms with van der Waals surface area (Å²) in [5.74, 6) is 0.858. The highest BCUT2D eigenvalue weighted by Gasteiger charge is 2.22. The van der Waals surface area contributed by atoms with Crippen molar-refractivity contribution in [1.82, 2.24) is 15.3 Å². The van der Waals surface area contributed by atoms with Gasteiger partial charge in [0.25, 0.3) is 0 Å². The molecule has 3 heterocycles. The highest BCUT2D eigenvalue weighted by molar-refractivity contribution is 7.17. The van der Waals surface area contributed by atoms with E-state index in [-0.39, 0.29) is 0 Å². The number of rotatable bonds is 1. The number of nitrogens with one attached hydrogen (secondary N) is 1. The smallest absolute Gasteiger partial charge is 0.226 e. The fourth-order valence-corrected chi connectivity index (χ4v) is 3.09. The summed E-state index contributed by atoms with van der Waals surface area (Å²) in [7, 11) is 0. The summed E-state index contributed by atoms with van der Waals surface area (Å²) in [6.07, 6.45) is 1.93. The molecule has 1 N–H and O–H groups in total. The number of thiophene rings is 1. The largest absolute Gasteiger partial charge is 0.338 e. The van der Waals surface area contributed by atoms with Crippen LogP contribution in [0.5, 0.6) is 0 Å². The SMILES string of the molecule is CC1CN(c2ncc3sccc3n2)CC(C)N1. The van der Waals surface area contributed by atoms with Crippen molar-refractivity contribution in [2.75, 3.05) is 18.0 Å². The Hall–Kier alpha value is -1.20. The van der Waals surface area contributed by atoms with Crippen molar-refractivity contribution in [3.63, 3.8) is 0 Å². The van der Waals surface area contributed by atoms with Crippen molar-refractivity contribution in [3.8, 4) is 0 Å². The molecule has 0 radical (unpaired) electrons. The molecule has 2 aromatic rings. The van der Waals surface area contributed by atoms with Gasteiger partial charge in [-0.1, -0.05) is 0 Å². The summed E-state index contributed by atoms with van der Waals surface area (Å²) in [5, 5.41) is 5.58. The van der Waals surface area contributed by atoms with Crippen molar-refractivity contribution in [3.05, 3.63) is 17.6 Å². The maximum absolute atomic E-state index is 4.63. The number of piperazine rings is 1. The predicted molar refractivity (Wildman–Crippen MR) is 71.7 cm³/mol. The van der Waals surface area contributed by atoms with Gasteiger partial charge in [-0.15, -0.1) is 11.3 Å². The van der Waals surface area contributed by atoms with Crippen LogP contribution in [0.15, 0.2) is 17.6 Å². The van der Waals surface area contributed by atoms with Crippen LogP contribution < -0.4 is 10.2 Å². The molecule has 0 aliphatic carbocycles. The molecular formula is C12H16N4S. The van der Waals surface area contributed by atoms with Crippen molar-refractivity contribution in [2.45, 2.75) is 25.9 Å². The Morgan fingerprint density at radius 1 is 1.35 bits per heavy atom. The third-order valence-electron chi connectivity index (χ3n) is 3.03. The van der Waals surface area contributed by atoms with Crippen LogP contribution >= 0.6 is 11.3 Å². The summed E-state index contributed by atoms with van der Waals surface area (Å²) >= 11 is 1.69. The molecule has 4 nitrogen and oxygen atoms in total. The van der Waals surface area contributed by atoms with Gasteiger partial charge in [0.1, 0.15) is 0 Å². The third kappa shape index (κ3) is 2.12. The number of fused-ring (bicyclic) bond motifs is 1. The van der Waals surface area contributed by atoms with Crippen LogP contribution in [0.25, 0.3) is 10.2 Å². The molecule has 2 unspecified atom stereocenters. The van der Waals surface area contributed by atoms with Crippen molar-refractivity contribution in [2.24, 2.45) is 0 Å². The van der Waals surface area contributed by atoms with E-state index >= 15 is 0 Å². The molecule has 5 heteroatoms. The van der Waals surface area contributed by atoms with E-state index in [1.807, 2.05) is 6.20 Å². The van der Waals surface area contributed by atoms with E-state index in [4.69, 9.17) is 0 Å². The standard InChI is InChI=1S/C12H16N4S/c1-8-6-16(7-9(2)14-8)12-13-5-11-10(15-12)3-4-17-11/h3-5,8-9,14H,6-7H2,1-2H3. The summed E-state index contributed by atoms with van der Waals surface area (Å²) in [5.41, 5.74) is 1.05. The number of nitrogens with zero attached hydrogens (tertiary/aromatic N) is 3. The van der Waals surface area contributed by atoms with Gasteiger partial charge in [0.05, 0.1) is 16.4 Å². The Morgan fingerprint density at radius 3 is 2.88 bits per heavy atom. The number of aromatic nitrogens is 2. The quantitative estimate of drug-likeness (QED) is 0.836. The van der Waals surface area contributed by atoms with Crippen LogP contribution in [0, 0.1) is 0 Å². The van der Waals surface area contributed by atoms with Crippen LogP contribution in [-0.4, -0.2) is 35.1 Å². The molecule has 0 amide bonds.